The molecule has 0 spiro atoms. The molecule has 21 heavy (non-hydrogen) atoms. The van der Waals surface area contributed by atoms with E-state index in [4.69, 9.17) is 4.52 Å². The number of hydrogen-bond acceptors (Lipinski definition) is 6. The first-order valence-electron chi connectivity index (χ1n) is 6.25. The number of nitrogens with one attached hydrogen (secondary N) is 1. The minimum atomic E-state index is -0.437. The molecular weight excluding hydrogens is 270 g/mol. The predicted molar refractivity (Wildman–Crippen MR) is 72.9 cm³/mol. The smallest absolute Gasteiger partial charge is 0.316 e. The van der Waals surface area contributed by atoms with Crippen LogP contribution >= 0.6 is 0 Å². The topological polar surface area (TPSA) is 93.8 Å². The van der Waals surface area contributed by atoms with Crippen molar-refractivity contribution in [1.82, 2.24) is 25.4 Å². The van der Waals surface area contributed by atoms with Crippen molar-refractivity contribution in [3.8, 4) is 11.5 Å². The molecule has 3 rings (SSSR count). The summed E-state index contributed by atoms with van der Waals surface area (Å²) < 4.78 is 4.94. The Kier molecular flexibility index (Phi) is 3.64. The van der Waals surface area contributed by atoms with E-state index in [9.17, 15) is 4.79 Å². The van der Waals surface area contributed by atoms with Gasteiger partial charge in [0.05, 0.1) is 0 Å². The zero-order chi connectivity index (χ0) is 14.5. The van der Waals surface area contributed by atoms with Crippen molar-refractivity contribution >= 4 is 5.91 Å². The maximum atomic E-state index is 11.9. The van der Waals surface area contributed by atoms with E-state index in [-0.39, 0.29) is 11.7 Å². The zero-order valence-corrected chi connectivity index (χ0v) is 10.9. The molecule has 0 aliphatic carbocycles. The van der Waals surface area contributed by atoms with Gasteiger partial charge in [-0.15, -0.1) is 0 Å². The largest absolute Gasteiger partial charge is 0.344 e. The minimum absolute atomic E-state index is 0.0976. The second kappa shape index (κ2) is 5.91. The molecule has 0 radical (unpaired) electrons. The maximum absolute atomic E-state index is 11.9. The van der Waals surface area contributed by atoms with Gasteiger partial charge in [0.15, 0.2) is 0 Å². The zero-order valence-electron chi connectivity index (χ0n) is 10.9. The number of pyridine rings is 2. The van der Waals surface area contributed by atoms with Crippen LogP contribution in [0.15, 0.2) is 53.4 Å². The third-order valence-corrected chi connectivity index (χ3v) is 2.69. The molecule has 0 unspecified atom stereocenters. The fraction of sp³-hybridized carbons (Fsp3) is 0.0714. The number of amides is 1. The van der Waals surface area contributed by atoms with Gasteiger partial charge in [0.2, 0.25) is 5.82 Å². The highest BCUT2D eigenvalue weighted by atomic mass is 16.5. The van der Waals surface area contributed by atoms with Crippen molar-refractivity contribution in [3.63, 3.8) is 0 Å². The van der Waals surface area contributed by atoms with Gasteiger partial charge in [0, 0.05) is 25.1 Å². The van der Waals surface area contributed by atoms with E-state index in [2.05, 4.69) is 25.4 Å². The Labute approximate surface area is 120 Å². The number of carbonyl (C=O) groups is 1. The summed E-state index contributed by atoms with van der Waals surface area (Å²) >= 11 is 0. The maximum Gasteiger partial charge on any atom is 0.316 e. The van der Waals surface area contributed by atoms with E-state index >= 15 is 0 Å². The van der Waals surface area contributed by atoms with E-state index in [1.807, 2.05) is 6.07 Å². The van der Waals surface area contributed by atoms with Gasteiger partial charge in [-0.1, -0.05) is 17.3 Å². The van der Waals surface area contributed by atoms with Crippen molar-refractivity contribution in [2.45, 2.75) is 6.54 Å². The number of hydrogen-bond donors (Lipinski definition) is 1. The van der Waals surface area contributed by atoms with Crippen molar-refractivity contribution in [2.24, 2.45) is 0 Å². The molecule has 0 aromatic carbocycles. The summed E-state index contributed by atoms with van der Waals surface area (Å²) in [6.45, 7) is 0.341. The summed E-state index contributed by atoms with van der Waals surface area (Å²) in [6.07, 6.45) is 4.96. The highest BCUT2D eigenvalue weighted by Gasteiger charge is 2.16. The van der Waals surface area contributed by atoms with Gasteiger partial charge in [-0.05, 0) is 23.8 Å². The van der Waals surface area contributed by atoms with Crippen molar-refractivity contribution in [1.29, 1.82) is 0 Å². The Morgan fingerprint density at radius 1 is 1.19 bits per heavy atom. The molecule has 3 aromatic heterocycles. The third-order valence-electron chi connectivity index (χ3n) is 2.69. The van der Waals surface area contributed by atoms with E-state index in [0.29, 0.717) is 12.2 Å². The quantitative estimate of drug-likeness (QED) is 0.778. The summed E-state index contributed by atoms with van der Waals surface area (Å²) in [6, 6.07) is 8.99. The molecule has 7 nitrogen and oxygen atoms in total. The van der Waals surface area contributed by atoms with E-state index in [0.717, 1.165) is 5.56 Å². The van der Waals surface area contributed by atoms with Crippen LogP contribution in [-0.4, -0.2) is 26.0 Å². The highest BCUT2D eigenvalue weighted by molar-refractivity contribution is 5.89. The molecule has 0 saturated carbocycles. The number of nitrogens with zero attached hydrogens (tertiary/aromatic N) is 4. The monoisotopic (exact) mass is 281 g/mol. The fourth-order valence-corrected chi connectivity index (χ4v) is 1.68. The Morgan fingerprint density at radius 2 is 2.14 bits per heavy atom. The molecule has 104 valence electrons. The van der Waals surface area contributed by atoms with E-state index in [1.165, 1.54) is 0 Å². The lowest BCUT2D eigenvalue weighted by atomic mass is 10.3. The summed E-state index contributed by atoms with van der Waals surface area (Å²) in [4.78, 5) is 24.0. The first kappa shape index (κ1) is 12.9. The van der Waals surface area contributed by atoms with Crippen LogP contribution in [0.1, 0.15) is 16.2 Å². The van der Waals surface area contributed by atoms with Crippen molar-refractivity contribution in [3.05, 3.63) is 60.4 Å². The molecule has 3 heterocycles. The van der Waals surface area contributed by atoms with Crippen LogP contribution in [0.2, 0.25) is 0 Å². The summed E-state index contributed by atoms with van der Waals surface area (Å²) in [5, 5.41) is 6.43. The van der Waals surface area contributed by atoms with Crippen LogP contribution in [-0.2, 0) is 6.54 Å². The lowest BCUT2D eigenvalue weighted by molar-refractivity contribution is 0.0907. The predicted octanol–water partition coefficient (Wildman–Crippen LogP) is 1.46. The van der Waals surface area contributed by atoms with Crippen molar-refractivity contribution in [2.75, 3.05) is 0 Å². The number of aromatic nitrogens is 4. The molecule has 1 N–H and O–H groups in total. The Bertz CT molecular complexity index is 727. The molecule has 3 aromatic rings. The first-order valence-corrected chi connectivity index (χ1v) is 6.25. The molecule has 0 bridgehead atoms. The van der Waals surface area contributed by atoms with Gasteiger partial charge >= 0.3 is 11.8 Å². The van der Waals surface area contributed by atoms with Crippen LogP contribution in [0.25, 0.3) is 11.5 Å². The number of carbonyl (C=O) groups excluding carboxylic acids is 1. The van der Waals surface area contributed by atoms with E-state index < -0.39 is 5.91 Å². The Balaban J connectivity index is 1.67. The molecule has 0 saturated heterocycles. The molecule has 7 heteroatoms. The van der Waals surface area contributed by atoms with Crippen LogP contribution in [0.5, 0.6) is 0 Å². The molecule has 0 fully saturated rings. The third kappa shape index (κ3) is 3.08. The summed E-state index contributed by atoms with van der Waals surface area (Å²) in [5.41, 5.74) is 1.43. The van der Waals surface area contributed by atoms with Gasteiger partial charge in [-0.3, -0.25) is 14.8 Å². The molecule has 0 aliphatic rings. The average molecular weight is 281 g/mol. The molecule has 0 aliphatic heterocycles. The van der Waals surface area contributed by atoms with Crippen molar-refractivity contribution < 1.29 is 9.32 Å². The second-order valence-corrected chi connectivity index (χ2v) is 4.18. The van der Waals surface area contributed by atoms with Gasteiger partial charge < -0.3 is 9.84 Å². The van der Waals surface area contributed by atoms with Crippen LogP contribution in [0.4, 0.5) is 0 Å². The molecule has 0 atom stereocenters. The fourth-order valence-electron chi connectivity index (χ4n) is 1.68. The summed E-state index contributed by atoms with van der Waals surface area (Å²) in [7, 11) is 0. The van der Waals surface area contributed by atoms with E-state index in [1.54, 1.807) is 42.9 Å². The lowest BCUT2D eigenvalue weighted by Gasteiger charge is -2.00. The normalized spacial score (nSPS) is 10.3. The Hall–Kier alpha value is -3.09. The molecular formula is C14H11N5O2. The average Bonchev–Trinajstić information content (AvgIpc) is 3.04. The van der Waals surface area contributed by atoms with Crippen LogP contribution < -0.4 is 5.32 Å². The first-order chi connectivity index (χ1) is 10.3. The second-order valence-electron chi connectivity index (χ2n) is 4.18. The van der Waals surface area contributed by atoms with Gasteiger partial charge in [-0.25, -0.2) is 0 Å². The highest BCUT2D eigenvalue weighted by Crippen LogP contribution is 2.11. The lowest BCUT2D eigenvalue weighted by Crippen LogP contribution is -2.23. The van der Waals surface area contributed by atoms with Gasteiger partial charge in [0.1, 0.15) is 5.69 Å². The van der Waals surface area contributed by atoms with Gasteiger partial charge in [0.25, 0.3) is 0 Å². The van der Waals surface area contributed by atoms with Crippen LogP contribution in [0.3, 0.4) is 0 Å². The standard InChI is InChI=1S/C14H11N5O2/c20-13(17-9-10-4-3-6-15-8-10)14-18-12(19-21-14)11-5-1-2-7-16-11/h1-8H,9H2,(H,17,20). The van der Waals surface area contributed by atoms with Crippen LogP contribution in [0, 0.1) is 0 Å². The minimum Gasteiger partial charge on any atom is -0.344 e. The summed E-state index contributed by atoms with van der Waals surface area (Å²) in [5.74, 6) is -0.254. The van der Waals surface area contributed by atoms with Gasteiger partial charge in [-0.2, -0.15) is 4.98 Å². The number of rotatable bonds is 4. The SMILES string of the molecule is O=C(NCc1cccnc1)c1nc(-c2ccccn2)no1. The molecule has 1 amide bonds. The Morgan fingerprint density at radius 3 is 2.90 bits per heavy atom.